The average Bonchev–Trinajstić information content (AvgIpc) is 3.40. The third-order valence-electron chi connectivity index (χ3n) is 6.62. The van der Waals surface area contributed by atoms with Gasteiger partial charge in [0, 0.05) is 54.3 Å². The van der Waals surface area contributed by atoms with Gasteiger partial charge in [-0.15, -0.1) is 0 Å². The molecule has 35 heavy (non-hydrogen) atoms. The molecule has 0 amide bonds. The second-order valence-corrected chi connectivity index (χ2v) is 11.6. The van der Waals surface area contributed by atoms with Gasteiger partial charge in [0.25, 0.3) is 0 Å². The van der Waals surface area contributed by atoms with E-state index in [4.69, 9.17) is 9.84 Å². The van der Waals surface area contributed by atoms with Crippen LogP contribution in [-0.4, -0.2) is 39.4 Å². The Morgan fingerprint density at radius 2 is 1.94 bits per heavy atom. The molecule has 5 heteroatoms. The minimum Gasteiger partial charge on any atom is -0.491 e. The number of H-pyrrole nitrogens is 1. The lowest BCUT2D eigenvalue weighted by molar-refractivity contribution is 0.176. The number of hydrogen-bond donors (Lipinski definition) is 1. The van der Waals surface area contributed by atoms with Crippen molar-refractivity contribution in [3.63, 3.8) is 0 Å². The number of ether oxygens (including phenoxy) is 1. The van der Waals surface area contributed by atoms with Crippen molar-refractivity contribution >= 4 is 10.9 Å². The third-order valence-corrected chi connectivity index (χ3v) is 6.62. The van der Waals surface area contributed by atoms with Crippen molar-refractivity contribution in [1.82, 2.24) is 19.7 Å². The molecule has 0 aliphatic carbocycles. The number of benzene rings is 2. The van der Waals surface area contributed by atoms with Crippen molar-refractivity contribution in [1.29, 1.82) is 0 Å². The first kappa shape index (κ1) is 23.7. The van der Waals surface area contributed by atoms with Crippen molar-refractivity contribution in [2.45, 2.75) is 54.5 Å². The molecule has 0 saturated carbocycles. The molecular weight excluding hydrogens is 432 g/mol. The molecule has 5 rings (SSSR count). The van der Waals surface area contributed by atoms with E-state index in [1.54, 1.807) is 0 Å². The van der Waals surface area contributed by atoms with E-state index in [0.29, 0.717) is 12.5 Å². The summed E-state index contributed by atoms with van der Waals surface area (Å²) in [6, 6.07) is 15.1. The third kappa shape index (κ3) is 4.87. The summed E-state index contributed by atoms with van der Waals surface area (Å²) in [7, 11) is 0. The minimum atomic E-state index is 0.256. The second kappa shape index (κ2) is 9.19. The Morgan fingerprint density at radius 1 is 1.11 bits per heavy atom. The molecule has 3 heterocycles. The van der Waals surface area contributed by atoms with E-state index in [9.17, 15) is 0 Å². The van der Waals surface area contributed by atoms with E-state index in [1.165, 1.54) is 33.5 Å². The van der Waals surface area contributed by atoms with Gasteiger partial charge in [0.05, 0.1) is 18.0 Å². The summed E-state index contributed by atoms with van der Waals surface area (Å²) in [6.07, 6.45) is 2.97. The molecule has 0 atom stereocenters. The number of fused-ring (bicyclic) bond motifs is 2. The molecule has 0 spiro atoms. The number of hydrogen-bond acceptors (Lipinski definition) is 3. The number of nitrogens with zero attached hydrogens (tertiary/aromatic N) is 3. The van der Waals surface area contributed by atoms with Gasteiger partial charge in [0.15, 0.2) is 0 Å². The Kier molecular flexibility index (Phi) is 6.22. The Labute approximate surface area is 209 Å². The fourth-order valence-corrected chi connectivity index (χ4v) is 5.17. The van der Waals surface area contributed by atoms with Crippen LogP contribution in [0.25, 0.3) is 27.8 Å². The predicted molar refractivity (Wildman–Crippen MR) is 144 cm³/mol. The number of rotatable bonds is 6. The van der Waals surface area contributed by atoms with Crippen LogP contribution >= 0.6 is 0 Å². The largest absolute Gasteiger partial charge is 0.491 e. The first-order valence-electron chi connectivity index (χ1n) is 12.8. The standard InChI is InChI=1S/C30H38N4O/c1-20(2)18-35-27-9-7-8-21(3)28(27)34-29(23-10-11-25-22(16-23)12-14-31-25)24-17-33(19-30(4,5)6)15-13-26(24)32-34/h7-12,14,16,20,31H,13,15,17-19H2,1-6H3. The highest BCUT2D eigenvalue weighted by Crippen LogP contribution is 2.38. The minimum absolute atomic E-state index is 0.256. The maximum Gasteiger partial charge on any atom is 0.145 e. The molecule has 2 aromatic heterocycles. The fourth-order valence-electron chi connectivity index (χ4n) is 5.17. The van der Waals surface area contributed by atoms with Crippen molar-refractivity contribution in [2.75, 3.05) is 19.7 Å². The Balaban J connectivity index is 1.68. The topological polar surface area (TPSA) is 46.1 Å². The van der Waals surface area contributed by atoms with Crippen LogP contribution in [0.5, 0.6) is 5.75 Å². The molecule has 0 bridgehead atoms. The van der Waals surface area contributed by atoms with E-state index >= 15 is 0 Å². The maximum atomic E-state index is 6.33. The number of aromatic amines is 1. The van der Waals surface area contributed by atoms with Gasteiger partial charge in [-0.25, -0.2) is 4.68 Å². The molecule has 0 radical (unpaired) electrons. The molecule has 0 saturated heterocycles. The zero-order chi connectivity index (χ0) is 24.7. The average molecular weight is 471 g/mol. The smallest absolute Gasteiger partial charge is 0.145 e. The van der Waals surface area contributed by atoms with Crippen LogP contribution in [0, 0.1) is 18.3 Å². The zero-order valence-electron chi connectivity index (χ0n) is 22.0. The van der Waals surface area contributed by atoms with Gasteiger partial charge < -0.3 is 9.72 Å². The van der Waals surface area contributed by atoms with E-state index in [2.05, 4.69) is 98.6 Å². The first-order chi connectivity index (χ1) is 16.7. The zero-order valence-corrected chi connectivity index (χ0v) is 22.0. The summed E-state index contributed by atoms with van der Waals surface area (Å²) in [5, 5.41) is 6.46. The van der Waals surface area contributed by atoms with E-state index < -0.39 is 0 Å². The van der Waals surface area contributed by atoms with Crippen molar-refractivity contribution in [2.24, 2.45) is 11.3 Å². The summed E-state index contributed by atoms with van der Waals surface area (Å²) in [6.45, 7) is 17.2. The highest BCUT2D eigenvalue weighted by atomic mass is 16.5. The molecule has 2 aromatic carbocycles. The number of nitrogens with one attached hydrogen (secondary N) is 1. The first-order valence-corrected chi connectivity index (χ1v) is 12.8. The van der Waals surface area contributed by atoms with Crippen LogP contribution in [0.15, 0.2) is 48.7 Å². The van der Waals surface area contributed by atoms with Gasteiger partial charge in [-0.05, 0) is 48.1 Å². The molecule has 184 valence electrons. The van der Waals surface area contributed by atoms with E-state index in [-0.39, 0.29) is 5.41 Å². The Morgan fingerprint density at radius 3 is 2.71 bits per heavy atom. The molecule has 1 N–H and O–H groups in total. The van der Waals surface area contributed by atoms with Crippen LogP contribution in [0.3, 0.4) is 0 Å². The molecule has 0 fully saturated rings. The summed E-state index contributed by atoms with van der Waals surface area (Å²) in [4.78, 5) is 5.91. The number of aryl methyl sites for hydroxylation is 1. The quantitative estimate of drug-likeness (QED) is 0.338. The fraction of sp³-hybridized carbons (Fsp3) is 0.433. The Hall–Kier alpha value is -3.05. The number of aromatic nitrogens is 3. The normalized spacial score (nSPS) is 14.6. The molecule has 1 aliphatic rings. The van der Waals surface area contributed by atoms with Gasteiger partial charge in [0.1, 0.15) is 11.4 Å². The molecule has 5 nitrogen and oxygen atoms in total. The van der Waals surface area contributed by atoms with Crippen LogP contribution in [0.1, 0.15) is 51.4 Å². The lowest BCUT2D eigenvalue weighted by Gasteiger charge is -2.32. The lowest BCUT2D eigenvalue weighted by Crippen LogP contribution is -2.36. The molecular formula is C30H38N4O. The highest BCUT2D eigenvalue weighted by Gasteiger charge is 2.29. The van der Waals surface area contributed by atoms with Crippen LogP contribution in [0.2, 0.25) is 0 Å². The SMILES string of the molecule is Cc1cccc(OCC(C)C)c1-n1nc2c(c1-c1ccc3[nH]ccc3c1)CN(CC(C)(C)C)CC2. The summed E-state index contributed by atoms with van der Waals surface area (Å²) >= 11 is 0. The predicted octanol–water partition coefficient (Wildman–Crippen LogP) is 6.77. The van der Waals surface area contributed by atoms with Crippen LogP contribution in [-0.2, 0) is 13.0 Å². The summed E-state index contributed by atoms with van der Waals surface area (Å²) in [5.74, 6) is 1.35. The van der Waals surface area contributed by atoms with Gasteiger partial charge in [0.2, 0.25) is 0 Å². The monoisotopic (exact) mass is 470 g/mol. The maximum absolute atomic E-state index is 6.33. The van der Waals surface area contributed by atoms with E-state index in [1.807, 2.05) is 6.20 Å². The molecule has 1 aliphatic heterocycles. The van der Waals surface area contributed by atoms with Gasteiger partial charge in [-0.1, -0.05) is 52.8 Å². The van der Waals surface area contributed by atoms with Crippen LogP contribution in [0.4, 0.5) is 0 Å². The lowest BCUT2D eigenvalue weighted by atomic mass is 9.93. The van der Waals surface area contributed by atoms with Crippen LogP contribution < -0.4 is 4.74 Å². The summed E-state index contributed by atoms with van der Waals surface area (Å²) < 4.78 is 8.50. The number of para-hydroxylation sites is 1. The van der Waals surface area contributed by atoms with Crippen molar-refractivity contribution < 1.29 is 4.74 Å². The second-order valence-electron chi connectivity index (χ2n) is 11.6. The molecule has 4 aromatic rings. The van der Waals surface area contributed by atoms with Gasteiger partial charge in [-0.2, -0.15) is 5.10 Å². The highest BCUT2D eigenvalue weighted by molar-refractivity contribution is 5.85. The van der Waals surface area contributed by atoms with Crippen molar-refractivity contribution in [3.05, 3.63) is 65.5 Å². The van der Waals surface area contributed by atoms with Crippen molar-refractivity contribution in [3.8, 4) is 22.7 Å². The van der Waals surface area contributed by atoms with E-state index in [0.717, 1.165) is 43.0 Å². The van der Waals surface area contributed by atoms with Gasteiger partial charge in [-0.3, -0.25) is 4.90 Å². The molecule has 0 unspecified atom stereocenters. The van der Waals surface area contributed by atoms with Gasteiger partial charge >= 0.3 is 0 Å². The Bertz CT molecular complexity index is 1340. The summed E-state index contributed by atoms with van der Waals surface area (Å²) in [5.41, 5.74) is 8.55.